The molecule has 0 spiro atoms. The molecule has 1 saturated heterocycles. The molecule has 104 valence electrons. The Kier molecular flexibility index (Phi) is 6.22. The zero-order valence-corrected chi connectivity index (χ0v) is 12.1. The predicted octanol–water partition coefficient (Wildman–Crippen LogP) is 3.34. The third-order valence-corrected chi connectivity index (χ3v) is 4.53. The van der Waals surface area contributed by atoms with Gasteiger partial charge in [-0.15, -0.1) is 0 Å². The van der Waals surface area contributed by atoms with Crippen LogP contribution in [0.4, 0.5) is 0 Å². The summed E-state index contributed by atoms with van der Waals surface area (Å²) in [6.45, 7) is 7.29. The summed E-state index contributed by atoms with van der Waals surface area (Å²) in [5, 5.41) is 3.79. The lowest BCUT2D eigenvalue weighted by atomic mass is 9.97. The molecule has 2 nitrogen and oxygen atoms in total. The van der Waals surface area contributed by atoms with Crippen LogP contribution in [0.25, 0.3) is 0 Å². The fourth-order valence-electron chi connectivity index (χ4n) is 3.24. The van der Waals surface area contributed by atoms with E-state index < -0.39 is 0 Å². The first kappa shape index (κ1) is 14.1. The summed E-state index contributed by atoms with van der Waals surface area (Å²) in [7, 11) is 0. The van der Waals surface area contributed by atoms with Crippen LogP contribution in [0, 0.1) is 0 Å². The van der Waals surface area contributed by atoms with E-state index in [9.17, 15) is 0 Å². The molecule has 1 unspecified atom stereocenters. The minimum Gasteiger partial charge on any atom is -0.314 e. The topological polar surface area (TPSA) is 15.3 Å². The fourth-order valence-corrected chi connectivity index (χ4v) is 3.24. The third-order valence-electron chi connectivity index (χ3n) is 4.53. The Morgan fingerprint density at radius 2 is 2.17 bits per heavy atom. The van der Waals surface area contributed by atoms with Crippen molar-refractivity contribution < 1.29 is 0 Å². The van der Waals surface area contributed by atoms with Gasteiger partial charge in [-0.3, -0.25) is 0 Å². The van der Waals surface area contributed by atoms with Crippen LogP contribution in [0.1, 0.15) is 58.3 Å². The Hall–Kier alpha value is -0.340. The summed E-state index contributed by atoms with van der Waals surface area (Å²) < 4.78 is 0. The largest absolute Gasteiger partial charge is 0.314 e. The zero-order chi connectivity index (χ0) is 12.6. The normalized spacial score (nSPS) is 26.7. The molecule has 0 radical (unpaired) electrons. The van der Waals surface area contributed by atoms with Gasteiger partial charge in [0.05, 0.1) is 0 Å². The molecule has 1 aliphatic carbocycles. The number of likely N-dealkylation sites (tertiary alicyclic amines) is 1. The second kappa shape index (κ2) is 7.96. The molecule has 2 rings (SSSR count). The smallest absolute Gasteiger partial charge is 0.00798 e. The molecule has 0 amide bonds. The number of hydrogen-bond acceptors (Lipinski definition) is 2. The summed E-state index contributed by atoms with van der Waals surface area (Å²) in [6.07, 6.45) is 13.4. The van der Waals surface area contributed by atoms with Crippen molar-refractivity contribution in [2.24, 2.45) is 0 Å². The summed E-state index contributed by atoms with van der Waals surface area (Å²) in [4.78, 5) is 2.59. The average molecular weight is 250 g/mol. The second-order valence-corrected chi connectivity index (χ2v) is 5.87. The van der Waals surface area contributed by atoms with Crippen molar-refractivity contribution in [1.82, 2.24) is 10.2 Å². The summed E-state index contributed by atoms with van der Waals surface area (Å²) in [5.41, 5.74) is 1.71. The molecule has 2 aliphatic rings. The number of nitrogens with one attached hydrogen (secondary N) is 1. The van der Waals surface area contributed by atoms with Gasteiger partial charge in [-0.05, 0) is 77.5 Å². The highest BCUT2D eigenvalue weighted by molar-refractivity contribution is 5.05. The Bertz CT molecular complexity index is 260. The van der Waals surface area contributed by atoms with Crippen molar-refractivity contribution >= 4 is 0 Å². The first-order valence-electron chi connectivity index (χ1n) is 8.02. The SMILES string of the molecule is CCN1CCCC(NCCC2=CCCCC2)CC1. The predicted molar refractivity (Wildman–Crippen MR) is 78.9 cm³/mol. The number of hydrogen-bond donors (Lipinski definition) is 1. The highest BCUT2D eigenvalue weighted by Gasteiger charge is 2.15. The van der Waals surface area contributed by atoms with Crippen LogP contribution < -0.4 is 5.32 Å². The van der Waals surface area contributed by atoms with Gasteiger partial charge in [0.15, 0.2) is 0 Å². The van der Waals surface area contributed by atoms with Gasteiger partial charge in [-0.1, -0.05) is 18.6 Å². The van der Waals surface area contributed by atoms with E-state index in [-0.39, 0.29) is 0 Å². The molecule has 0 aromatic heterocycles. The number of nitrogens with zero attached hydrogens (tertiary/aromatic N) is 1. The van der Waals surface area contributed by atoms with Crippen LogP contribution in [0.3, 0.4) is 0 Å². The molecule has 1 heterocycles. The van der Waals surface area contributed by atoms with Crippen LogP contribution in [-0.4, -0.2) is 37.1 Å². The lowest BCUT2D eigenvalue weighted by Crippen LogP contribution is -2.31. The molecular weight excluding hydrogens is 220 g/mol. The van der Waals surface area contributed by atoms with Gasteiger partial charge in [0.2, 0.25) is 0 Å². The standard InChI is InChI=1S/C16H30N2/c1-2-18-13-6-9-16(11-14-18)17-12-10-15-7-4-3-5-8-15/h7,16-17H,2-6,8-14H2,1H3. The molecule has 1 aliphatic heterocycles. The maximum Gasteiger partial charge on any atom is 0.00798 e. The van der Waals surface area contributed by atoms with Gasteiger partial charge in [-0.25, -0.2) is 0 Å². The zero-order valence-electron chi connectivity index (χ0n) is 12.1. The van der Waals surface area contributed by atoms with E-state index in [2.05, 4.69) is 23.2 Å². The van der Waals surface area contributed by atoms with Crippen LogP contribution in [0.15, 0.2) is 11.6 Å². The Labute approximate surface area is 113 Å². The quantitative estimate of drug-likeness (QED) is 0.753. The minimum absolute atomic E-state index is 0.769. The van der Waals surface area contributed by atoms with E-state index in [0.29, 0.717) is 0 Å². The van der Waals surface area contributed by atoms with E-state index >= 15 is 0 Å². The average Bonchev–Trinajstić information content (AvgIpc) is 2.65. The van der Waals surface area contributed by atoms with Crippen molar-refractivity contribution in [3.63, 3.8) is 0 Å². The Morgan fingerprint density at radius 1 is 1.22 bits per heavy atom. The number of allylic oxidation sites excluding steroid dienone is 1. The van der Waals surface area contributed by atoms with Crippen LogP contribution in [0.5, 0.6) is 0 Å². The molecular formula is C16H30N2. The maximum absolute atomic E-state index is 3.79. The molecule has 0 aromatic rings. The first-order valence-corrected chi connectivity index (χ1v) is 8.02. The minimum atomic E-state index is 0.769. The first-order chi connectivity index (χ1) is 8.88. The van der Waals surface area contributed by atoms with Crippen molar-refractivity contribution in [3.05, 3.63) is 11.6 Å². The third kappa shape index (κ3) is 4.74. The maximum atomic E-state index is 3.79. The molecule has 1 fully saturated rings. The van der Waals surface area contributed by atoms with Crippen LogP contribution in [-0.2, 0) is 0 Å². The molecule has 0 saturated carbocycles. The highest BCUT2D eigenvalue weighted by atomic mass is 15.1. The van der Waals surface area contributed by atoms with E-state index in [1.54, 1.807) is 5.57 Å². The van der Waals surface area contributed by atoms with Crippen LogP contribution >= 0.6 is 0 Å². The van der Waals surface area contributed by atoms with E-state index in [1.165, 1.54) is 77.5 Å². The van der Waals surface area contributed by atoms with E-state index in [1.807, 2.05) is 0 Å². The Morgan fingerprint density at radius 3 is 2.94 bits per heavy atom. The van der Waals surface area contributed by atoms with Gasteiger partial charge < -0.3 is 10.2 Å². The van der Waals surface area contributed by atoms with E-state index in [4.69, 9.17) is 0 Å². The van der Waals surface area contributed by atoms with Crippen molar-refractivity contribution in [2.45, 2.75) is 64.3 Å². The van der Waals surface area contributed by atoms with Crippen molar-refractivity contribution in [2.75, 3.05) is 26.2 Å². The van der Waals surface area contributed by atoms with Gasteiger partial charge in [0.1, 0.15) is 0 Å². The lowest BCUT2D eigenvalue weighted by molar-refractivity contribution is 0.297. The molecule has 1 atom stereocenters. The van der Waals surface area contributed by atoms with Gasteiger partial charge in [0.25, 0.3) is 0 Å². The summed E-state index contributed by atoms with van der Waals surface area (Å²) in [6, 6.07) is 0.769. The monoisotopic (exact) mass is 250 g/mol. The van der Waals surface area contributed by atoms with Gasteiger partial charge >= 0.3 is 0 Å². The Balaban J connectivity index is 1.62. The summed E-state index contributed by atoms with van der Waals surface area (Å²) in [5.74, 6) is 0. The molecule has 0 aromatic carbocycles. The van der Waals surface area contributed by atoms with Crippen molar-refractivity contribution in [3.8, 4) is 0 Å². The molecule has 2 heteroatoms. The molecule has 1 N–H and O–H groups in total. The second-order valence-electron chi connectivity index (χ2n) is 5.87. The van der Waals surface area contributed by atoms with E-state index in [0.717, 1.165) is 6.04 Å². The van der Waals surface area contributed by atoms with Crippen molar-refractivity contribution in [1.29, 1.82) is 0 Å². The lowest BCUT2D eigenvalue weighted by Gasteiger charge is -2.19. The molecule has 0 bridgehead atoms. The summed E-state index contributed by atoms with van der Waals surface area (Å²) >= 11 is 0. The highest BCUT2D eigenvalue weighted by Crippen LogP contribution is 2.19. The number of rotatable bonds is 5. The van der Waals surface area contributed by atoms with Crippen LogP contribution in [0.2, 0.25) is 0 Å². The fraction of sp³-hybridized carbons (Fsp3) is 0.875. The molecule has 18 heavy (non-hydrogen) atoms. The van der Waals surface area contributed by atoms with Gasteiger partial charge in [-0.2, -0.15) is 0 Å². The van der Waals surface area contributed by atoms with Gasteiger partial charge in [0, 0.05) is 6.04 Å².